The van der Waals surface area contributed by atoms with Crippen molar-refractivity contribution in [1.29, 1.82) is 0 Å². The molecule has 0 aromatic carbocycles. The third-order valence-corrected chi connectivity index (χ3v) is 2.62. The summed E-state index contributed by atoms with van der Waals surface area (Å²) in [6.07, 6.45) is 3.88. The standard InChI is InChI=1S/C11H23NO/c1-5-8-11(13)12-9(4)10(6-2)7-3/h9-10H,5-8H2,1-4H3,(H,12,13). The summed E-state index contributed by atoms with van der Waals surface area (Å²) in [5, 5.41) is 3.04. The smallest absolute Gasteiger partial charge is 0.220 e. The van der Waals surface area contributed by atoms with Gasteiger partial charge in [-0.3, -0.25) is 4.79 Å². The van der Waals surface area contributed by atoms with Crippen molar-refractivity contribution < 1.29 is 4.79 Å². The van der Waals surface area contributed by atoms with Gasteiger partial charge in [0.25, 0.3) is 0 Å². The second-order valence-electron chi connectivity index (χ2n) is 3.68. The van der Waals surface area contributed by atoms with E-state index >= 15 is 0 Å². The van der Waals surface area contributed by atoms with Gasteiger partial charge in [0, 0.05) is 12.5 Å². The van der Waals surface area contributed by atoms with Crippen LogP contribution in [0.1, 0.15) is 53.4 Å². The first-order valence-electron chi connectivity index (χ1n) is 5.44. The van der Waals surface area contributed by atoms with Crippen molar-refractivity contribution in [3.63, 3.8) is 0 Å². The fourth-order valence-corrected chi connectivity index (χ4v) is 1.67. The Balaban J connectivity index is 3.82. The average Bonchev–Trinajstić information content (AvgIpc) is 2.06. The Morgan fingerprint density at radius 2 is 1.77 bits per heavy atom. The molecule has 0 spiro atoms. The second kappa shape index (κ2) is 6.93. The molecule has 78 valence electrons. The molecule has 0 aromatic rings. The van der Waals surface area contributed by atoms with Gasteiger partial charge in [0.15, 0.2) is 0 Å². The minimum absolute atomic E-state index is 0.196. The summed E-state index contributed by atoms with van der Waals surface area (Å²) in [6.45, 7) is 8.49. The molecule has 1 unspecified atom stereocenters. The molecule has 0 aliphatic heterocycles. The van der Waals surface area contributed by atoms with E-state index in [4.69, 9.17) is 0 Å². The highest BCUT2D eigenvalue weighted by Gasteiger charge is 2.14. The Morgan fingerprint density at radius 3 is 2.15 bits per heavy atom. The van der Waals surface area contributed by atoms with E-state index in [1.165, 1.54) is 0 Å². The van der Waals surface area contributed by atoms with Crippen molar-refractivity contribution in [2.24, 2.45) is 5.92 Å². The first-order chi connectivity index (χ1) is 6.15. The maximum absolute atomic E-state index is 11.3. The number of rotatable bonds is 6. The zero-order chi connectivity index (χ0) is 10.3. The molecule has 2 heteroatoms. The third kappa shape index (κ3) is 4.91. The van der Waals surface area contributed by atoms with Crippen LogP contribution in [-0.2, 0) is 4.79 Å². The molecule has 1 amide bonds. The normalized spacial score (nSPS) is 13.0. The van der Waals surface area contributed by atoms with Gasteiger partial charge in [0.1, 0.15) is 0 Å². The summed E-state index contributed by atoms with van der Waals surface area (Å²) in [6, 6.07) is 0.328. The number of nitrogens with one attached hydrogen (secondary N) is 1. The quantitative estimate of drug-likeness (QED) is 0.677. The SMILES string of the molecule is CCCC(=O)NC(C)C(CC)CC. The highest BCUT2D eigenvalue weighted by molar-refractivity contribution is 5.76. The molecule has 0 rings (SSSR count). The van der Waals surface area contributed by atoms with Gasteiger partial charge < -0.3 is 5.32 Å². The highest BCUT2D eigenvalue weighted by Crippen LogP contribution is 2.12. The number of amides is 1. The van der Waals surface area contributed by atoms with Crippen molar-refractivity contribution in [3.05, 3.63) is 0 Å². The molecular weight excluding hydrogens is 162 g/mol. The van der Waals surface area contributed by atoms with Gasteiger partial charge >= 0.3 is 0 Å². The molecule has 0 radical (unpaired) electrons. The molecule has 13 heavy (non-hydrogen) atoms. The predicted molar refractivity (Wildman–Crippen MR) is 56.6 cm³/mol. The van der Waals surface area contributed by atoms with Gasteiger partial charge in [0.05, 0.1) is 0 Å². The Kier molecular flexibility index (Phi) is 6.65. The number of hydrogen-bond acceptors (Lipinski definition) is 1. The largest absolute Gasteiger partial charge is 0.353 e. The number of carbonyl (C=O) groups excluding carboxylic acids is 1. The van der Waals surface area contributed by atoms with E-state index in [0.717, 1.165) is 19.3 Å². The van der Waals surface area contributed by atoms with Gasteiger partial charge in [-0.15, -0.1) is 0 Å². The van der Waals surface area contributed by atoms with Gasteiger partial charge in [0.2, 0.25) is 5.91 Å². The van der Waals surface area contributed by atoms with Gasteiger partial charge in [-0.05, 0) is 19.3 Å². The van der Waals surface area contributed by atoms with E-state index in [1.807, 2.05) is 6.92 Å². The van der Waals surface area contributed by atoms with Gasteiger partial charge in [-0.2, -0.15) is 0 Å². The molecule has 2 nitrogen and oxygen atoms in total. The zero-order valence-corrected chi connectivity index (χ0v) is 9.39. The van der Waals surface area contributed by atoms with Crippen molar-refractivity contribution >= 4 is 5.91 Å². The van der Waals surface area contributed by atoms with Crippen molar-refractivity contribution in [3.8, 4) is 0 Å². The Hall–Kier alpha value is -0.530. The highest BCUT2D eigenvalue weighted by atomic mass is 16.1. The van der Waals surface area contributed by atoms with Crippen LogP contribution in [0.15, 0.2) is 0 Å². The van der Waals surface area contributed by atoms with Crippen LogP contribution >= 0.6 is 0 Å². The second-order valence-corrected chi connectivity index (χ2v) is 3.68. The lowest BCUT2D eigenvalue weighted by molar-refractivity contribution is -0.122. The number of carbonyl (C=O) groups is 1. The third-order valence-electron chi connectivity index (χ3n) is 2.62. The Morgan fingerprint density at radius 1 is 1.23 bits per heavy atom. The van der Waals surface area contributed by atoms with E-state index in [0.29, 0.717) is 18.4 Å². The summed E-state index contributed by atoms with van der Waals surface area (Å²) >= 11 is 0. The lowest BCUT2D eigenvalue weighted by Gasteiger charge is -2.22. The van der Waals surface area contributed by atoms with E-state index in [1.54, 1.807) is 0 Å². The van der Waals surface area contributed by atoms with Crippen LogP contribution in [0.2, 0.25) is 0 Å². The van der Waals surface area contributed by atoms with E-state index in [-0.39, 0.29) is 5.91 Å². The van der Waals surface area contributed by atoms with Crippen molar-refractivity contribution in [2.75, 3.05) is 0 Å². The van der Waals surface area contributed by atoms with Crippen LogP contribution in [0.3, 0.4) is 0 Å². The van der Waals surface area contributed by atoms with Crippen LogP contribution in [0.25, 0.3) is 0 Å². The summed E-state index contributed by atoms with van der Waals surface area (Å²) < 4.78 is 0. The first-order valence-corrected chi connectivity index (χ1v) is 5.44. The fourth-order valence-electron chi connectivity index (χ4n) is 1.67. The molecule has 0 aliphatic carbocycles. The molecule has 0 aliphatic rings. The zero-order valence-electron chi connectivity index (χ0n) is 9.39. The lowest BCUT2D eigenvalue weighted by atomic mass is 9.95. The molecule has 0 fully saturated rings. The molecule has 1 atom stereocenters. The van der Waals surface area contributed by atoms with Crippen LogP contribution < -0.4 is 5.32 Å². The topological polar surface area (TPSA) is 29.1 Å². The monoisotopic (exact) mass is 185 g/mol. The summed E-state index contributed by atoms with van der Waals surface area (Å²) in [5.41, 5.74) is 0. The molecular formula is C11H23NO. The molecule has 0 bridgehead atoms. The van der Waals surface area contributed by atoms with E-state index in [9.17, 15) is 4.79 Å². The minimum Gasteiger partial charge on any atom is -0.353 e. The van der Waals surface area contributed by atoms with Gasteiger partial charge in [-0.1, -0.05) is 33.6 Å². The van der Waals surface area contributed by atoms with Crippen molar-refractivity contribution in [1.82, 2.24) is 5.32 Å². The fraction of sp³-hybridized carbons (Fsp3) is 0.909. The van der Waals surface area contributed by atoms with Crippen molar-refractivity contribution in [2.45, 2.75) is 59.4 Å². The maximum atomic E-state index is 11.3. The molecule has 0 saturated carbocycles. The molecule has 0 saturated heterocycles. The Bertz CT molecular complexity index is 141. The first kappa shape index (κ1) is 12.5. The molecule has 1 N–H and O–H groups in total. The average molecular weight is 185 g/mol. The summed E-state index contributed by atoms with van der Waals surface area (Å²) in [7, 11) is 0. The minimum atomic E-state index is 0.196. The molecule has 0 heterocycles. The van der Waals surface area contributed by atoms with Crippen LogP contribution in [0.5, 0.6) is 0 Å². The van der Waals surface area contributed by atoms with Gasteiger partial charge in [-0.25, -0.2) is 0 Å². The summed E-state index contributed by atoms with van der Waals surface area (Å²) in [4.78, 5) is 11.3. The maximum Gasteiger partial charge on any atom is 0.220 e. The number of hydrogen-bond donors (Lipinski definition) is 1. The Labute approximate surface area is 82.1 Å². The van der Waals surface area contributed by atoms with Crippen LogP contribution in [0, 0.1) is 5.92 Å². The van der Waals surface area contributed by atoms with E-state index < -0.39 is 0 Å². The van der Waals surface area contributed by atoms with E-state index in [2.05, 4.69) is 26.1 Å². The summed E-state index contributed by atoms with van der Waals surface area (Å²) in [5.74, 6) is 0.822. The van der Waals surface area contributed by atoms with Crippen LogP contribution in [-0.4, -0.2) is 11.9 Å². The molecule has 0 aromatic heterocycles. The predicted octanol–water partition coefficient (Wildman–Crippen LogP) is 2.73. The van der Waals surface area contributed by atoms with Crippen LogP contribution in [0.4, 0.5) is 0 Å². The lowest BCUT2D eigenvalue weighted by Crippen LogP contribution is -2.37.